The van der Waals surface area contributed by atoms with Gasteiger partial charge in [-0.25, -0.2) is 4.98 Å². The highest BCUT2D eigenvalue weighted by Crippen LogP contribution is 2.23. The van der Waals surface area contributed by atoms with E-state index in [9.17, 15) is 9.59 Å². The Kier molecular flexibility index (Phi) is 5.05. The van der Waals surface area contributed by atoms with Gasteiger partial charge in [0.25, 0.3) is 0 Å². The summed E-state index contributed by atoms with van der Waals surface area (Å²) in [6.07, 6.45) is 1.94. The van der Waals surface area contributed by atoms with Gasteiger partial charge < -0.3 is 10.4 Å². The molecule has 0 aliphatic heterocycles. The molecule has 1 amide bonds. The van der Waals surface area contributed by atoms with E-state index in [1.165, 1.54) is 0 Å². The summed E-state index contributed by atoms with van der Waals surface area (Å²) in [5.74, 6) is -1.24. The number of rotatable bonds is 6. The first kappa shape index (κ1) is 15.2. The predicted octanol–water partition coefficient (Wildman–Crippen LogP) is 3.25. The number of nitrogens with zero attached hydrogens (tertiary/aromatic N) is 1. The molecular weight excluding hydrogens is 288 g/mol. The average molecular weight is 304 g/mol. The van der Waals surface area contributed by atoms with Crippen LogP contribution in [0.2, 0.25) is 0 Å². The number of anilines is 1. The highest BCUT2D eigenvalue weighted by atomic mass is 32.1. The Bertz CT molecular complexity index is 608. The quantitative estimate of drug-likeness (QED) is 0.858. The minimum Gasteiger partial charge on any atom is -0.481 e. The van der Waals surface area contributed by atoms with Crippen LogP contribution in [0.1, 0.15) is 19.8 Å². The minimum absolute atomic E-state index is 0.00357. The molecule has 2 aromatic rings. The van der Waals surface area contributed by atoms with Crippen LogP contribution < -0.4 is 5.32 Å². The Morgan fingerprint density at radius 3 is 2.57 bits per heavy atom. The van der Waals surface area contributed by atoms with Crippen LogP contribution in [-0.4, -0.2) is 22.0 Å². The van der Waals surface area contributed by atoms with E-state index in [2.05, 4.69) is 10.3 Å². The number of amides is 1. The van der Waals surface area contributed by atoms with Crippen LogP contribution in [0, 0.1) is 5.92 Å². The van der Waals surface area contributed by atoms with Gasteiger partial charge in [0.15, 0.2) is 0 Å². The molecule has 1 unspecified atom stereocenters. The van der Waals surface area contributed by atoms with Crippen molar-refractivity contribution in [3.63, 3.8) is 0 Å². The number of carboxylic acids is 1. The second kappa shape index (κ2) is 6.99. The van der Waals surface area contributed by atoms with E-state index >= 15 is 0 Å². The van der Waals surface area contributed by atoms with E-state index in [-0.39, 0.29) is 24.7 Å². The number of carbonyl (C=O) groups excluding carboxylic acids is 1. The Morgan fingerprint density at radius 2 is 2.00 bits per heavy atom. The number of thiazole rings is 1. The van der Waals surface area contributed by atoms with Gasteiger partial charge in [-0.3, -0.25) is 9.59 Å². The minimum atomic E-state index is -0.886. The lowest BCUT2D eigenvalue weighted by atomic mass is 10.0. The van der Waals surface area contributed by atoms with Gasteiger partial charge in [-0.2, -0.15) is 0 Å². The van der Waals surface area contributed by atoms with Crippen molar-refractivity contribution in [2.45, 2.75) is 19.8 Å². The molecular formula is C15H16N2O3S. The Morgan fingerprint density at radius 1 is 1.29 bits per heavy atom. The zero-order chi connectivity index (χ0) is 15.2. The van der Waals surface area contributed by atoms with Crippen molar-refractivity contribution < 1.29 is 14.7 Å². The zero-order valence-electron chi connectivity index (χ0n) is 11.6. The standard InChI is InChI=1S/C15H16N2O3S/c1-10(9-14(19)20)8-13(18)17-12-4-2-11(3-5-12)15-16-6-7-21-15/h2-7,10H,8-9H2,1H3,(H,17,18)(H,19,20). The molecule has 2 N–H and O–H groups in total. The van der Waals surface area contributed by atoms with Crippen LogP contribution >= 0.6 is 11.3 Å². The van der Waals surface area contributed by atoms with E-state index in [0.717, 1.165) is 10.6 Å². The Labute approximate surface area is 126 Å². The van der Waals surface area contributed by atoms with Crippen LogP contribution in [0.4, 0.5) is 5.69 Å². The van der Waals surface area contributed by atoms with Gasteiger partial charge in [-0.05, 0) is 30.2 Å². The second-order valence-electron chi connectivity index (χ2n) is 4.87. The maximum Gasteiger partial charge on any atom is 0.303 e. The van der Waals surface area contributed by atoms with Crippen molar-refractivity contribution in [1.82, 2.24) is 4.98 Å². The molecule has 6 heteroatoms. The van der Waals surface area contributed by atoms with Crippen LogP contribution in [-0.2, 0) is 9.59 Å². The summed E-state index contributed by atoms with van der Waals surface area (Å²) in [5.41, 5.74) is 1.70. The molecule has 0 saturated heterocycles. The molecule has 110 valence electrons. The van der Waals surface area contributed by atoms with Gasteiger partial charge in [0, 0.05) is 35.7 Å². The summed E-state index contributed by atoms with van der Waals surface area (Å²) >= 11 is 1.56. The highest BCUT2D eigenvalue weighted by molar-refractivity contribution is 7.13. The van der Waals surface area contributed by atoms with E-state index in [1.54, 1.807) is 24.5 Å². The van der Waals surface area contributed by atoms with Gasteiger partial charge in [-0.15, -0.1) is 11.3 Å². The number of benzene rings is 1. The van der Waals surface area contributed by atoms with Crippen molar-refractivity contribution in [1.29, 1.82) is 0 Å². The van der Waals surface area contributed by atoms with Crippen LogP contribution in [0.15, 0.2) is 35.8 Å². The van der Waals surface area contributed by atoms with Crippen molar-refractivity contribution in [3.05, 3.63) is 35.8 Å². The molecule has 21 heavy (non-hydrogen) atoms. The summed E-state index contributed by atoms with van der Waals surface area (Å²) in [6, 6.07) is 7.43. The van der Waals surface area contributed by atoms with Gasteiger partial charge in [0.2, 0.25) is 5.91 Å². The number of hydrogen-bond donors (Lipinski definition) is 2. The maximum atomic E-state index is 11.8. The predicted molar refractivity (Wildman–Crippen MR) is 82.2 cm³/mol. The molecule has 1 heterocycles. The maximum absolute atomic E-state index is 11.8. The van der Waals surface area contributed by atoms with Gasteiger partial charge in [0.1, 0.15) is 5.01 Å². The van der Waals surface area contributed by atoms with E-state index < -0.39 is 5.97 Å². The third kappa shape index (κ3) is 4.68. The third-order valence-corrected chi connectivity index (χ3v) is 3.73. The molecule has 1 aromatic heterocycles. The van der Waals surface area contributed by atoms with Crippen molar-refractivity contribution in [2.75, 3.05) is 5.32 Å². The molecule has 0 spiro atoms. The molecule has 0 bridgehead atoms. The second-order valence-corrected chi connectivity index (χ2v) is 5.76. The molecule has 1 aromatic carbocycles. The average Bonchev–Trinajstić information content (AvgIpc) is 2.92. The summed E-state index contributed by atoms with van der Waals surface area (Å²) in [6.45, 7) is 1.75. The SMILES string of the molecule is CC(CC(=O)O)CC(=O)Nc1ccc(-c2nccs2)cc1. The molecule has 0 saturated carbocycles. The molecule has 5 nitrogen and oxygen atoms in total. The lowest BCUT2D eigenvalue weighted by molar-refractivity contribution is -0.138. The van der Waals surface area contributed by atoms with Crippen LogP contribution in [0.25, 0.3) is 10.6 Å². The molecule has 0 aliphatic rings. The molecule has 1 atom stereocenters. The van der Waals surface area contributed by atoms with E-state index in [1.807, 2.05) is 29.6 Å². The summed E-state index contributed by atoms with van der Waals surface area (Å²) in [7, 11) is 0. The lowest BCUT2D eigenvalue weighted by Gasteiger charge is -2.09. The fraction of sp³-hybridized carbons (Fsp3) is 0.267. The first-order valence-electron chi connectivity index (χ1n) is 6.56. The van der Waals surface area contributed by atoms with Gasteiger partial charge in [0.05, 0.1) is 0 Å². The van der Waals surface area contributed by atoms with Crippen LogP contribution in [0.3, 0.4) is 0 Å². The van der Waals surface area contributed by atoms with Crippen molar-refractivity contribution in [3.8, 4) is 10.6 Å². The molecule has 0 fully saturated rings. The normalized spacial score (nSPS) is 11.9. The lowest BCUT2D eigenvalue weighted by Crippen LogP contribution is -2.16. The monoisotopic (exact) mass is 304 g/mol. The fourth-order valence-electron chi connectivity index (χ4n) is 1.96. The topological polar surface area (TPSA) is 79.3 Å². The Hall–Kier alpha value is -2.21. The molecule has 2 rings (SSSR count). The van der Waals surface area contributed by atoms with Crippen LogP contribution in [0.5, 0.6) is 0 Å². The number of carbonyl (C=O) groups is 2. The smallest absolute Gasteiger partial charge is 0.303 e. The summed E-state index contributed by atoms with van der Waals surface area (Å²) < 4.78 is 0. The Balaban J connectivity index is 1.91. The highest BCUT2D eigenvalue weighted by Gasteiger charge is 2.12. The third-order valence-electron chi connectivity index (χ3n) is 2.90. The fourth-order valence-corrected chi connectivity index (χ4v) is 2.61. The van der Waals surface area contributed by atoms with Gasteiger partial charge in [-0.1, -0.05) is 6.92 Å². The van der Waals surface area contributed by atoms with Gasteiger partial charge >= 0.3 is 5.97 Å². The molecule has 0 aliphatic carbocycles. The first-order valence-corrected chi connectivity index (χ1v) is 7.44. The summed E-state index contributed by atoms with van der Waals surface area (Å²) in [4.78, 5) is 26.6. The number of hydrogen-bond acceptors (Lipinski definition) is 4. The number of aromatic nitrogens is 1. The number of nitrogens with one attached hydrogen (secondary N) is 1. The summed E-state index contributed by atoms with van der Waals surface area (Å²) in [5, 5.41) is 14.3. The number of carboxylic acid groups (broad SMARTS) is 1. The largest absolute Gasteiger partial charge is 0.481 e. The first-order chi connectivity index (χ1) is 10.0. The zero-order valence-corrected chi connectivity index (χ0v) is 12.4. The van der Waals surface area contributed by atoms with E-state index in [4.69, 9.17) is 5.11 Å². The molecule has 0 radical (unpaired) electrons. The number of aliphatic carboxylic acids is 1. The van der Waals surface area contributed by atoms with Crippen molar-refractivity contribution in [2.24, 2.45) is 5.92 Å². The van der Waals surface area contributed by atoms with E-state index in [0.29, 0.717) is 5.69 Å². The van der Waals surface area contributed by atoms with Crippen molar-refractivity contribution >= 4 is 28.9 Å².